The molecule has 0 amide bonds. The summed E-state index contributed by atoms with van der Waals surface area (Å²) in [7, 11) is 0. The number of Topliss-reactive ketones (excluding diaryl/α,β-unsaturated/α-hetero) is 1. The van der Waals surface area contributed by atoms with Gasteiger partial charge >= 0.3 is 0 Å². The maximum atomic E-state index is 12.3. The summed E-state index contributed by atoms with van der Waals surface area (Å²) >= 11 is 0. The number of aryl methyl sites for hydroxylation is 1. The van der Waals surface area contributed by atoms with Crippen LogP contribution in [0.5, 0.6) is 0 Å². The molecule has 0 N–H and O–H groups in total. The summed E-state index contributed by atoms with van der Waals surface area (Å²) in [5.41, 5.74) is 2.97. The third kappa shape index (κ3) is 2.84. The molecular formula is C16H12N2O3. The maximum Gasteiger partial charge on any atom is 0.240 e. The lowest BCUT2D eigenvalue weighted by Crippen LogP contribution is -2.17. The van der Waals surface area contributed by atoms with Gasteiger partial charge in [-0.1, -0.05) is 6.07 Å². The van der Waals surface area contributed by atoms with Crippen molar-refractivity contribution in [1.82, 2.24) is 0 Å². The van der Waals surface area contributed by atoms with Gasteiger partial charge in [-0.25, -0.2) is 9.59 Å². The number of hydrogen-bond donors (Lipinski definition) is 0. The molecule has 0 bridgehead atoms. The van der Waals surface area contributed by atoms with Crippen molar-refractivity contribution in [2.75, 3.05) is 0 Å². The Balaban J connectivity index is 2.47. The second kappa shape index (κ2) is 6.06. The molecule has 5 nitrogen and oxygen atoms in total. The molecule has 2 rings (SSSR count). The highest BCUT2D eigenvalue weighted by Gasteiger charge is 2.25. The second-order valence-corrected chi connectivity index (χ2v) is 4.67. The predicted molar refractivity (Wildman–Crippen MR) is 77.3 cm³/mol. The Bertz CT molecular complexity index is 762. The lowest BCUT2D eigenvalue weighted by atomic mass is 9.87. The van der Waals surface area contributed by atoms with E-state index in [1.165, 1.54) is 12.2 Å². The number of rotatable bonds is 3. The standard InChI is InChI=1S/C16H12N2O3/c1-10-7-12(3-5-14(10)17-8-19)13-4-6-15(18-9-20)11(2)16(13)21/h3-7,11H,1-2H3. The molecule has 0 heterocycles. The van der Waals surface area contributed by atoms with Crippen molar-refractivity contribution >= 4 is 29.2 Å². The summed E-state index contributed by atoms with van der Waals surface area (Å²) in [5, 5.41) is 0. The van der Waals surface area contributed by atoms with Crippen LogP contribution < -0.4 is 0 Å². The van der Waals surface area contributed by atoms with Crippen LogP contribution in [0.4, 0.5) is 5.69 Å². The molecule has 1 aromatic rings. The number of ketones is 1. The van der Waals surface area contributed by atoms with Crippen LogP contribution in [0.1, 0.15) is 18.1 Å². The number of benzene rings is 1. The van der Waals surface area contributed by atoms with E-state index in [-0.39, 0.29) is 5.78 Å². The zero-order valence-electron chi connectivity index (χ0n) is 11.6. The van der Waals surface area contributed by atoms with Crippen molar-refractivity contribution < 1.29 is 14.4 Å². The van der Waals surface area contributed by atoms with Crippen LogP contribution in [0.15, 0.2) is 46.0 Å². The second-order valence-electron chi connectivity index (χ2n) is 4.67. The Morgan fingerprint density at radius 1 is 1.10 bits per heavy atom. The number of carbonyl (C=O) groups excluding carboxylic acids is 3. The van der Waals surface area contributed by atoms with E-state index >= 15 is 0 Å². The number of allylic oxidation sites excluding steroid dienone is 4. The lowest BCUT2D eigenvalue weighted by Gasteiger charge is -2.17. The van der Waals surface area contributed by atoms with Crippen LogP contribution in [0.2, 0.25) is 0 Å². The molecule has 0 fully saturated rings. The monoisotopic (exact) mass is 280 g/mol. The van der Waals surface area contributed by atoms with Crippen LogP contribution in [0, 0.1) is 12.8 Å². The first kappa shape index (κ1) is 14.5. The Labute approximate surface area is 121 Å². The van der Waals surface area contributed by atoms with E-state index in [0.717, 1.165) is 11.1 Å². The molecule has 0 radical (unpaired) electrons. The first-order valence-electron chi connectivity index (χ1n) is 6.31. The first-order chi connectivity index (χ1) is 10.1. The summed E-state index contributed by atoms with van der Waals surface area (Å²) in [4.78, 5) is 40.1. The smallest absolute Gasteiger partial charge is 0.240 e. The highest BCUT2D eigenvalue weighted by atomic mass is 16.1. The van der Waals surface area contributed by atoms with Crippen molar-refractivity contribution in [2.24, 2.45) is 15.9 Å². The molecule has 0 aliphatic heterocycles. The Hall–Kier alpha value is -2.87. The fourth-order valence-corrected chi connectivity index (χ4v) is 2.19. The molecule has 0 saturated heterocycles. The van der Waals surface area contributed by atoms with Crippen LogP contribution in [-0.4, -0.2) is 17.9 Å². The molecule has 0 aromatic heterocycles. The molecule has 1 unspecified atom stereocenters. The van der Waals surface area contributed by atoms with Crippen molar-refractivity contribution in [1.29, 1.82) is 0 Å². The Kier molecular flexibility index (Phi) is 4.19. The van der Waals surface area contributed by atoms with E-state index in [1.54, 1.807) is 44.2 Å². The number of nitrogens with zero attached hydrogens (tertiary/aromatic N) is 2. The first-order valence-corrected chi connectivity index (χ1v) is 6.31. The van der Waals surface area contributed by atoms with Crippen molar-refractivity contribution in [3.05, 3.63) is 47.2 Å². The fourth-order valence-electron chi connectivity index (χ4n) is 2.19. The highest BCUT2D eigenvalue weighted by molar-refractivity contribution is 6.23. The minimum Gasteiger partial charge on any atom is -0.293 e. The van der Waals surface area contributed by atoms with Gasteiger partial charge in [0.15, 0.2) is 5.78 Å². The average molecular weight is 280 g/mol. The quantitative estimate of drug-likeness (QED) is 0.631. The molecule has 1 aliphatic carbocycles. The molecule has 0 saturated carbocycles. The van der Waals surface area contributed by atoms with E-state index in [1.807, 2.05) is 0 Å². The van der Waals surface area contributed by atoms with Gasteiger partial charge in [-0.3, -0.25) is 4.79 Å². The number of hydrogen-bond acceptors (Lipinski definition) is 5. The van der Waals surface area contributed by atoms with Gasteiger partial charge in [0.05, 0.1) is 17.3 Å². The predicted octanol–water partition coefficient (Wildman–Crippen LogP) is 2.78. The van der Waals surface area contributed by atoms with E-state index in [0.29, 0.717) is 17.0 Å². The zero-order valence-corrected chi connectivity index (χ0v) is 11.6. The van der Waals surface area contributed by atoms with Gasteiger partial charge in [0.1, 0.15) is 0 Å². The summed E-state index contributed by atoms with van der Waals surface area (Å²) in [5.74, 6) is -0.600. The largest absolute Gasteiger partial charge is 0.293 e. The van der Waals surface area contributed by atoms with E-state index in [4.69, 9.17) is 0 Å². The van der Waals surface area contributed by atoms with Gasteiger partial charge in [-0.2, -0.15) is 9.98 Å². The van der Waals surface area contributed by atoms with Crippen LogP contribution >= 0.6 is 0 Å². The van der Waals surface area contributed by atoms with Crippen LogP contribution in [0.25, 0.3) is 5.57 Å². The van der Waals surface area contributed by atoms with Gasteiger partial charge in [-0.05, 0) is 49.3 Å². The normalized spacial score (nSPS) is 17.2. The fraction of sp³-hybridized carbons (Fsp3) is 0.188. The number of aliphatic imine (C=N–C) groups is 2. The third-order valence-corrected chi connectivity index (χ3v) is 3.37. The van der Waals surface area contributed by atoms with Crippen LogP contribution in [0.3, 0.4) is 0 Å². The molecule has 1 atom stereocenters. The molecule has 1 aliphatic rings. The van der Waals surface area contributed by atoms with E-state index < -0.39 is 5.92 Å². The summed E-state index contributed by atoms with van der Waals surface area (Å²) < 4.78 is 0. The van der Waals surface area contributed by atoms with Crippen molar-refractivity contribution in [3.8, 4) is 0 Å². The SMILES string of the molecule is Cc1cc(C2=CC=C(N=C=O)C(C)C2=O)ccc1N=C=O. The van der Waals surface area contributed by atoms with Gasteiger partial charge in [0.25, 0.3) is 0 Å². The molecule has 5 heteroatoms. The van der Waals surface area contributed by atoms with E-state index in [2.05, 4.69) is 9.98 Å². The van der Waals surface area contributed by atoms with Gasteiger partial charge < -0.3 is 0 Å². The van der Waals surface area contributed by atoms with Gasteiger partial charge in [0, 0.05) is 5.57 Å². The van der Waals surface area contributed by atoms with E-state index in [9.17, 15) is 14.4 Å². The summed E-state index contributed by atoms with van der Waals surface area (Å²) in [6, 6.07) is 5.17. The molecule has 1 aromatic carbocycles. The third-order valence-electron chi connectivity index (χ3n) is 3.37. The minimum atomic E-state index is -0.487. The number of carbonyl (C=O) groups is 1. The maximum absolute atomic E-state index is 12.3. The average Bonchev–Trinajstić information content (AvgIpc) is 2.47. The van der Waals surface area contributed by atoms with Gasteiger partial charge in [-0.15, -0.1) is 0 Å². The van der Waals surface area contributed by atoms with Crippen molar-refractivity contribution in [2.45, 2.75) is 13.8 Å². The highest BCUT2D eigenvalue weighted by Crippen LogP contribution is 2.30. The minimum absolute atomic E-state index is 0.113. The van der Waals surface area contributed by atoms with Crippen LogP contribution in [-0.2, 0) is 14.4 Å². The van der Waals surface area contributed by atoms with Crippen molar-refractivity contribution in [3.63, 3.8) is 0 Å². The topological polar surface area (TPSA) is 75.9 Å². The summed E-state index contributed by atoms with van der Waals surface area (Å²) in [6.45, 7) is 3.49. The lowest BCUT2D eigenvalue weighted by molar-refractivity contribution is -0.115. The Morgan fingerprint density at radius 2 is 1.81 bits per heavy atom. The molecule has 104 valence electrons. The molecule has 21 heavy (non-hydrogen) atoms. The Morgan fingerprint density at radius 3 is 2.43 bits per heavy atom. The number of isocyanates is 2. The molecule has 0 spiro atoms. The zero-order chi connectivity index (χ0) is 15.4. The van der Waals surface area contributed by atoms with Gasteiger partial charge in [0.2, 0.25) is 12.2 Å². The summed E-state index contributed by atoms with van der Waals surface area (Å²) in [6.07, 6.45) is 6.22. The molecular weight excluding hydrogens is 268 g/mol.